The Balaban J connectivity index is 2.25. The molecular formula is C15H18N2. The van der Waals surface area contributed by atoms with Crippen LogP contribution in [0, 0.1) is 10.8 Å². The lowest BCUT2D eigenvalue weighted by Gasteiger charge is -2.29. The minimum absolute atomic E-state index is 0.264. The Bertz CT molecular complexity index is 471. The van der Waals surface area contributed by atoms with Crippen molar-refractivity contribution in [3.05, 3.63) is 54.1 Å². The van der Waals surface area contributed by atoms with Crippen molar-refractivity contribution < 1.29 is 0 Å². The summed E-state index contributed by atoms with van der Waals surface area (Å²) >= 11 is 0. The third kappa shape index (κ3) is 2.16. The van der Waals surface area contributed by atoms with Crippen LogP contribution in [0.25, 0.3) is 5.57 Å². The third-order valence-corrected chi connectivity index (χ3v) is 3.54. The number of nitrogens with one attached hydrogen (secondary N) is 1. The predicted molar refractivity (Wildman–Crippen MR) is 72.8 cm³/mol. The van der Waals surface area contributed by atoms with Crippen molar-refractivity contribution in [3.8, 4) is 0 Å². The van der Waals surface area contributed by atoms with Gasteiger partial charge in [-0.1, -0.05) is 55.5 Å². The number of amidine groups is 1. The second-order valence-electron chi connectivity index (χ2n) is 4.49. The lowest BCUT2D eigenvalue weighted by molar-refractivity contribution is 0.509. The molecule has 0 aromatic heterocycles. The molecule has 0 spiro atoms. The topological polar surface area (TPSA) is 49.9 Å². The first-order valence-corrected chi connectivity index (χ1v) is 5.97. The third-order valence-electron chi connectivity index (χ3n) is 3.54. The Morgan fingerprint density at radius 2 is 2.06 bits per heavy atom. The van der Waals surface area contributed by atoms with Gasteiger partial charge in [0.1, 0.15) is 5.84 Å². The smallest absolute Gasteiger partial charge is 0.101 e. The van der Waals surface area contributed by atoms with Gasteiger partial charge in [0.25, 0.3) is 0 Å². The number of benzene rings is 1. The van der Waals surface area contributed by atoms with E-state index in [1.54, 1.807) is 0 Å². The van der Waals surface area contributed by atoms with Crippen LogP contribution in [0.4, 0.5) is 0 Å². The predicted octanol–water partition coefficient (Wildman–Crippen LogP) is 3.36. The Morgan fingerprint density at radius 1 is 1.35 bits per heavy atom. The molecule has 2 nitrogen and oxygen atoms in total. The Morgan fingerprint density at radius 3 is 2.53 bits per heavy atom. The van der Waals surface area contributed by atoms with E-state index in [1.807, 2.05) is 18.2 Å². The normalized spacial score (nSPS) is 23.2. The fourth-order valence-electron chi connectivity index (χ4n) is 2.17. The number of rotatable bonds is 3. The zero-order chi connectivity index (χ0) is 12.3. The Hall–Kier alpha value is -1.83. The van der Waals surface area contributed by atoms with Crippen molar-refractivity contribution in [3.63, 3.8) is 0 Å². The molecule has 1 aromatic rings. The van der Waals surface area contributed by atoms with Crippen molar-refractivity contribution in [1.82, 2.24) is 0 Å². The van der Waals surface area contributed by atoms with Gasteiger partial charge >= 0.3 is 0 Å². The average Bonchev–Trinajstić information content (AvgIpc) is 2.39. The fourth-order valence-corrected chi connectivity index (χ4v) is 2.17. The van der Waals surface area contributed by atoms with E-state index in [4.69, 9.17) is 11.1 Å². The van der Waals surface area contributed by atoms with Crippen LogP contribution in [-0.4, -0.2) is 5.84 Å². The summed E-state index contributed by atoms with van der Waals surface area (Å²) in [5, 5.41) is 7.70. The largest absolute Gasteiger partial charge is 0.387 e. The minimum Gasteiger partial charge on any atom is -0.387 e. The van der Waals surface area contributed by atoms with Crippen molar-refractivity contribution in [2.24, 2.45) is 11.1 Å². The second-order valence-corrected chi connectivity index (χ2v) is 4.49. The van der Waals surface area contributed by atoms with E-state index >= 15 is 0 Å². The molecule has 0 amide bonds. The molecule has 2 rings (SSSR count). The minimum atomic E-state index is -0.266. The maximum atomic E-state index is 7.70. The van der Waals surface area contributed by atoms with Crippen LogP contribution < -0.4 is 5.73 Å². The molecule has 88 valence electrons. The standard InChI is InChI=1S/C15H18N2/c1-2-15(14(16)17)10-8-13(9-11-15)12-6-4-3-5-7-12/h3-10H,2,11H2,1H3,(H3,16,17). The molecule has 0 saturated carbocycles. The molecule has 1 aliphatic carbocycles. The first-order chi connectivity index (χ1) is 8.18. The summed E-state index contributed by atoms with van der Waals surface area (Å²) in [6.07, 6.45) is 8.04. The molecule has 1 aliphatic rings. The fraction of sp³-hybridized carbons (Fsp3) is 0.267. The van der Waals surface area contributed by atoms with Crippen LogP contribution in [0.2, 0.25) is 0 Å². The summed E-state index contributed by atoms with van der Waals surface area (Å²) in [6.45, 7) is 2.08. The van der Waals surface area contributed by atoms with E-state index in [9.17, 15) is 0 Å². The van der Waals surface area contributed by atoms with E-state index in [-0.39, 0.29) is 11.3 Å². The van der Waals surface area contributed by atoms with E-state index in [0.29, 0.717) is 0 Å². The van der Waals surface area contributed by atoms with Gasteiger partial charge in [-0.05, 0) is 24.0 Å². The van der Waals surface area contributed by atoms with Gasteiger partial charge in [0.15, 0.2) is 0 Å². The molecule has 3 N–H and O–H groups in total. The van der Waals surface area contributed by atoms with Gasteiger partial charge in [0, 0.05) is 5.41 Å². The first-order valence-electron chi connectivity index (χ1n) is 5.97. The number of allylic oxidation sites excluding steroid dienone is 3. The van der Waals surface area contributed by atoms with Crippen LogP contribution in [0.5, 0.6) is 0 Å². The van der Waals surface area contributed by atoms with Crippen LogP contribution in [0.3, 0.4) is 0 Å². The molecule has 0 bridgehead atoms. The molecule has 1 aromatic carbocycles. The summed E-state index contributed by atoms with van der Waals surface area (Å²) in [6, 6.07) is 10.3. The average molecular weight is 226 g/mol. The maximum Gasteiger partial charge on any atom is 0.101 e. The SMILES string of the molecule is CCC1(C(=N)N)C=CC(c2ccccc2)=CC1. The van der Waals surface area contributed by atoms with E-state index < -0.39 is 0 Å². The highest BCUT2D eigenvalue weighted by molar-refractivity contribution is 5.88. The van der Waals surface area contributed by atoms with E-state index in [0.717, 1.165) is 12.8 Å². The number of hydrogen-bond donors (Lipinski definition) is 2. The molecule has 1 unspecified atom stereocenters. The Kier molecular flexibility index (Phi) is 3.14. The van der Waals surface area contributed by atoms with Gasteiger partial charge in [-0.2, -0.15) is 0 Å². The van der Waals surface area contributed by atoms with Crippen molar-refractivity contribution in [1.29, 1.82) is 5.41 Å². The van der Waals surface area contributed by atoms with Crippen molar-refractivity contribution >= 4 is 11.4 Å². The zero-order valence-corrected chi connectivity index (χ0v) is 10.1. The van der Waals surface area contributed by atoms with E-state index in [2.05, 4.69) is 37.3 Å². The lowest BCUT2D eigenvalue weighted by Crippen LogP contribution is -2.34. The summed E-state index contributed by atoms with van der Waals surface area (Å²) < 4.78 is 0. The van der Waals surface area contributed by atoms with Crippen LogP contribution in [-0.2, 0) is 0 Å². The molecule has 0 radical (unpaired) electrons. The number of nitrogens with two attached hydrogens (primary N) is 1. The quantitative estimate of drug-likeness (QED) is 0.602. The van der Waals surface area contributed by atoms with Crippen molar-refractivity contribution in [2.45, 2.75) is 19.8 Å². The highest BCUT2D eigenvalue weighted by atomic mass is 14.7. The van der Waals surface area contributed by atoms with Crippen LogP contribution in [0.1, 0.15) is 25.3 Å². The summed E-state index contributed by atoms with van der Waals surface area (Å²) in [4.78, 5) is 0. The second kappa shape index (κ2) is 4.58. The summed E-state index contributed by atoms with van der Waals surface area (Å²) in [5.74, 6) is 0.264. The molecule has 0 heterocycles. The van der Waals surface area contributed by atoms with Gasteiger partial charge in [-0.25, -0.2) is 0 Å². The summed E-state index contributed by atoms with van der Waals surface area (Å²) in [5.41, 5.74) is 7.87. The van der Waals surface area contributed by atoms with Gasteiger partial charge in [0.05, 0.1) is 0 Å². The molecule has 0 saturated heterocycles. The maximum absolute atomic E-state index is 7.70. The lowest BCUT2D eigenvalue weighted by atomic mass is 9.76. The highest BCUT2D eigenvalue weighted by Gasteiger charge is 2.29. The van der Waals surface area contributed by atoms with Gasteiger partial charge in [-0.3, -0.25) is 5.41 Å². The highest BCUT2D eigenvalue weighted by Crippen LogP contribution is 2.35. The zero-order valence-electron chi connectivity index (χ0n) is 10.1. The van der Waals surface area contributed by atoms with Crippen LogP contribution in [0.15, 0.2) is 48.6 Å². The van der Waals surface area contributed by atoms with Crippen molar-refractivity contribution in [2.75, 3.05) is 0 Å². The Labute approximate surface area is 102 Å². The molecule has 17 heavy (non-hydrogen) atoms. The van der Waals surface area contributed by atoms with Gasteiger partial charge in [-0.15, -0.1) is 0 Å². The summed E-state index contributed by atoms with van der Waals surface area (Å²) in [7, 11) is 0. The molecule has 0 aliphatic heterocycles. The molecule has 0 fully saturated rings. The monoisotopic (exact) mass is 226 g/mol. The van der Waals surface area contributed by atoms with Gasteiger partial charge in [0.2, 0.25) is 0 Å². The first kappa shape index (κ1) is 11.6. The molecule has 2 heteroatoms. The molecule has 1 atom stereocenters. The van der Waals surface area contributed by atoms with E-state index in [1.165, 1.54) is 11.1 Å². The number of hydrogen-bond acceptors (Lipinski definition) is 1. The van der Waals surface area contributed by atoms with Gasteiger partial charge < -0.3 is 5.73 Å². The van der Waals surface area contributed by atoms with Crippen LogP contribution >= 0.6 is 0 Å². The molecular weight excluding hydrogens is 208 g/mol.